The topological polar surface area (TPSA) is 32.3 Å². The summed E-state index contributed by atoms with van der Waals surface area (Å²) in [7, 11) is 0. The fourth-order valence-electron chi connectivity index (χ4n) is 1.88. The van der Waals surface area contributed by atoms with Gasteiger partial charge in [0.2, 0.25) is 0 Å². The van der Waals surface area contributed by atoms with Crippen LogP contribution in [0.5, 0.6) is 0 Å². The van der Waals surface area contributed by atoms with E-state index in [1.165, 1.54) is 12.8 Å². The molecule has 0 spiro atoms. The van der Waals surface area contributed by atoms with Gasteiger partial charge in [0.15, 0.2) is 0 Å². The molecule has 58 valence electrons. The number of hydrogen-bond acceptors (Lipinski definition) is 2. The minimum atomic E-state index is -0.321. The maximum atomic E-state index is 9.95. The third-order valence-corrected chi connectivity index (χ3v) is 2.73. The molecule has 2 nitrogen and oxygen atoms in total. The van der Waals surface area contributed by atoms with Gasteiger partial charge in [-0.2, -0.15) is 0 Å². The van der Waals surface area contributed by atoms with Gasteiger partial charge in [0, 0.05) is 6.54 Å². The summed E-state index contributed by atoms with van der Waals surface area (Å²) in [5.41, 5.74) is -0.321. The van der Waals surface area contributed by atoms with Crippen LogP contribution in [-0.4, -0.2) is 23.8 Å². The zero-order valence-electron chi connectivity index (χ0n) is 6.27. The van der Waals surface area contributed by atoms with E-state index < -0.39 is 0 Å². The van der Waals surface area contributed by atoms with Crippen LogP contribution in [0.1, 0.15) is 25.7 Å². The van der Waals surface area contributed by atoms with E-state index in [-0.39, 0.29) is 5.60 Å². The summed E-state index contributed by atoms with van der Waals surface area (Å²) in [6.45, 7) is 1.92. The Morgan fingerprint density at radius 1 is 1.40 bits per heavy atom. The number of rotatable bonds is 1. The molecule has 1 atom stereocenters. The highest BCUT2D eigenvalue weighted by Crippen LogP contribution is 2.42. The van der Waals surface area contributed by atoms with E-state index in [0.29, 0.717) is 5.92 Å². The number of nitrogens with one attached hydrogen (secondary N) is 1. The van der Waals surface area contributed by atoms with E-state index in [9.17, 15) is 5.11 Å². The van der Waals surface area contributed by atoms with Crippen molar-refractivity contribution in [3.05, 3.63) is 0 Å². The minimum Gasteiger partial charge on any atom is -0.388 e. The first-order chi connectivity index (χ1) is 4.81. The van der Waals surface area contributed by atoms with E-state index in [0.717, 1.165) is 25.9 Å². The van der Waals surface area contributed by atoms with Crippen molar-refractivity contribution in [3.63, 3.8) is 0 Å². The zero-order valence-corrected chi connectivity index (χ0v) is 6.27. The Balaban J connectivity index is 1.97. The quantitative estimate of drug-likeness (QED) is 0.557. The Morgan fingerprint density at radius 2 is 2.20 bits per heavy atom. The predicted molar refractivity (Wildman–Crippen MR) is 39.8 cm³/mol. The first kappa shape index (κ1) is 6.62. The maximum Gasteiger partial charge on any atom is 0.0800 e. The summed E-state index contributed by atoms with van der Waals surface area (Å²) in [5.74, 6) is 0.625. The van der Waals surface area contributed by atoms with Gasteiger partial charge in [-0.15, -0.1) is 0 Å². The fourth-order valence-corrected chi connectivity index (χ4v) is 1.88. The first-order valence-corrected chi connectivity index (χ1v) is 4.24. The second kappa shape index (κ2) is 2.21. The smallest absolute Gasteiger partial charge is 0.0800 e. The minimum absolute atomic E-state index is 0.321. The van der Waals surface area contributed by atoms with Gasteiger partial charge in [-0.05, 0) is 38.1 Å². The van der Waals surface area contributed by atoms with Crippen LogP contribution in [-0.2, 0) is 0 Å². The molecule has 1 saturated heterocycles. The number of aliphatic hydroxyl groups is 1. The van der Waals surface area contributed by atoms with Crippen LogP contribution >= 0.6 is 0 Å². The molecule has 0 aromatic rings. The molecule has 1 aliphatic heterocycles. The largest absolute Gasteiger partial charge is 0.388 e. The number of β-amino-alcohol motifs (C(OH)–C–C–N with tert-alkyl or cyclic N) is 1. The lowest BCUT2D eigenvalue weighted by Gasteiger charge is -2.32. The van der Waals surface area contributed by atoms with Crippen molar-refractivity contribution in [2.45, 2.75) is 31.3 Å². The molecule has 2 N–H and O–H groups in total. The molecule has 0 amide bonds. The monoisotopic (exact) mass is 141 g/mol. The van der Waals surface area contributed by atoms with Crippen molar-refractivity contribution in [2.24, 2.45) is 5.92 Å². The lowest BCUT2D eigenvalue weighted by molar-refractivity contribution is -0.00444. The molecule has 1 saturated carbocycles. The maximum absolute atomic E-state index is 9.95. The molecule has 0 aromatic carbocycles. The van der Waals surface area contributed by atoms with Crippen LogP contribution < -0.4 is 5.32 Å². The van der Waals surface area contributed by atoms with Gasteiger partial charge in [0.1, 0.15) is 0 Å². The highest BCUT2D eigenvalue weighted by molar-refractivity contribution is 4.97. The van der Waals surface area contributed by atoms with Crippen molar-refractivity contribution >= 4 is 0 Å². The number of hydrogen-bond donors (Lipinski definition) is 2. The van der Waals surface area contributed by atoms with Crippen LogP contribution in [0, 0.1) is 5.92 Å². The third kappa shape index (κ3) is 1.06. The molecule has 0 unspecified atom stereocenters. The molecule has 2 heteroatoms. The molecule has 0 bridgehead atoms. The molecule has 1 heterocycles. The summed E-state index contributed by atoms with van der Waals surface area (Å²) in [6.07, 6.45) is 4.66. The SMILES string of the molecule is O[C@@]1(C2CC2)CCCNC1. The van der Waals surface area contributed by atoms with Crippen LogP contribution in [0.4, 0.5) is 0 Å². The number of piperidine rings is 1. The standard InChI is InChI=1S/C8H15NO/c10-8(7-2-3-7)4-1-5-9-6-8/h7,9-10H,1-6H2/t8-/m0/s1. The molecule has 2 fully saturated rings. The molecule has 2 aliphatic rings. The Morgan fingerprint density at radius 3 is 2.70 bits per heavy atom. The molecular formula is C8H15NO. The van der Waals surface area contributed by atoms with Crippen molar-refractivity contribution in [3.8, 4) is 0 Å². The Hall–Kier alpha value is -0.0800. The van der Waals surface area contributed by atoms with Gasteiger partial charge in [0.05, 0.1) is 5.60 Å². The molecule has 10 heavy (non-hydrogen) atoms. The molecule has 1 aliphatic carbocycles. The van der Waals surface area contributed by atoms with Gasteiger partial charge >= 0.3 is 0 Å². The van der Waals surface area contributed by atoms with Gasteiger partial charge in [-0.25, -0.2) is 0 Å². The predicted octanol–water partition coefficient (Wildman–Crippen LogP) is 0.511. The lowest BCUT2D eigenvalue weighted by atomic mass is 9.89. The van der Waals surface area contributed by atoms with Crippen LogP contribution in [0.25, 0.3) is 0 Å². The van der Waals surface area contributed by atoms with Crippen molar-refractivity contribution < 1.29 is 5.11 Å². The molecule has 2 rings (SSSR count). The Kier molecular flexibility index (Phi) is 1.46. The van der Waals surface area contributed by atoms with Gasteiger partial charge in [-0.1, -0.05) is 0 Å². The lowest BCUT2D eigenvalue weighted by Crippen LogP contribution is -2.47. The molecule has 0 aromatic heterocycles. The van der Waals surface area contributed by atoms with Crippen molar-refractivity contribution in [1.82, 2.24) is 5.32 Å². The van der Waals surface area contributed by atoms with Crippen LogP contribution in [0.3, 0.4) is 0 Å². The Bertz CT molecular complexity index is 125. The van der Waals surface area contributed by atoms with Crippen LogP contribution in [0.2, 0.25) is 0 Å². The van der Waals surface area contributed by atoms with E-state index in [1.807, 2.05) is 0 Å². The van der Waals surface area contributed by atoms with E-state index >= 15 is 0 Å². The summed E-state index contributed by atoms with van der Waals surface area (Å²) in [5, 5.41) is 13.2. The highest BCUT2D eigenvalue weighted by Gasteiger charge is 2.43. The summed E-state index contributed by atoms with van der Waals surface area (Å²) >= 11 is 0. The highest BCUT2D eigenvalue weighted by atomic mass is 16.3. The fraction of sp³-hybridized carbons (Fsp3) is 1.00. The van der Waals surface area contributed by atoms with Crippen LogP contribution in [0.15, 0.2) is 0 Å². The second-order valence-corrected chi connectivity index (χ2v) is 3.66. The van der Waals surface area contributed by atoms with E-state index in [2.05, 4.69) is 5.32 Å². The van der Waals surface area contributed by atoms with Gasteiger partial charge in [-0.3, -0.25) is 0 Å². The van der Waals surface area contributed by atoms with Gasteiger partial charge < -0.3 is 10.4 Å². The summed E-state index contributed by atoms with van der Waals surface area (Å²) in [6, 6.07) is 0. The van der Waals surface area contributed by atoms with E-state index in [1.54, 1.807) is 0 Å². The van der Waals surface area contributed by atoms with Gasteiger partial charge in [0.25, 0.3) is 0 Å². The van der Waals surface area contributed by atoms with Crippen molar-refractivity contribution in [1.29, 1.82) is 0 Å². The van der Waals surface area contributed by atoms with Crippen molar-refractivity contribution in [2.75, 3.05) is 13.1 Å². The third-order valence-electron chi connectivity index (χ3n) is 2.73. The van der Waals surface area contributed by atoms with E-state index in [4.69, 9.17) is 0 Å². The molecular weight excluding hydrogens is 126 g/mol. The summed E-state index contributed by atoms with van der Waals surface area (Å²) < 4.78 is 0. The summed E-state index contributed by atoms with van der Waals surface area (Å²) in [4.78, 5) is 0. The molecule has 0 radical (unpaired) electrons. The zero-order chi connectivity index (χ0) is 7.03. The average molecular weight is 141 g/mol. The normalized spacial score (nSPS) is 41.7. The first-order valence-electron chi connectivity index (χ1n) is 4.24. The average Bonchev–Trinajstić information content (AvgIpc) is 2.69. The second-order valence-electron chi connectivity index (χ2n) is 3.66. The Labute approximate surface area is 61.6 Å².